The van der Waals surface area contributed by atoms with Crippen LogP contribution in [0.25, 0.3) is 0 Å². The van der Waals surface area contributed by atoms with Crippen LogP contribution in [0.15, 0.2) is 0 Å². The highest BCUT2D eigenvalue weighted by molar-refractivity contribution is 5.82. The summed E-state index contributed by atoms with van der Waals surface area (Å²) in [5.41, 5.74) is -0.125. The van der Waals surface area contributed by atoms with Crippen LogP contribution < -0.4 is 10.6 Å². The molecule has 0 aromatic carbocycles. The first-order valence-corrected chi connectivity index (χ1v) is 5.18. The van der Waals surface area contributed by atoms with Crippen LogP contribution in [0, 0.1) is 5.41 Å². The van der Waals surface area contributed by atoms with Gasteiger partial charge in [-0.25, -0.2) is 0 Å². The van der Waals surface area contributed by atoms with Gasteiger partial charge in [-0.3, -0.25) is 4.79 Å². The Morgan fingerprint density at radius 3 is 2.62 bits per heavy atom. The SMILES string of the molecule is CCCNC(=O)C1(C)CCNCC1. The van der Waals surface area contributed by atoms with Gasteiger partial charge in [0.2, 0.25) is 5.91 Å². The Kier molecular flexibility index (Phi) is 3.72. The summed E-state index contributed by atoms with van der Waals surface area (Å²) in [6, 6.07) is 0. The van der Waals surface area contributed by atoms with Crippen LogP contribution in [0.3, 0.4) is 0 Å². The summed E-state index contributed by atoms with van der Waals surface area (Å²) in [7, 11) is 0. The van der Waals surface area contributed by atoms with E-state index in [-0.39, 0.29) is 11.3 Å². The third-order valence-corrected chi connectivity index (χ3v) is 2.79. The quantitative estimate of drug-likeness (QED) is 0.684. The monoisotopic (exact) mass is 184 g/mol. The standard InChI is InChI=1S/C10H20N2O/c1-3-6-12-9(13)10(2)4-7-11-8-5-10/h11H,3-8H2,1-2H3,(H,12,13). The van der Waals surface area contributed by atoms with Crippen molar-refractivity contribution in [3.05, 3.63) is 0 Å². The van der Waals surface area contributed by atoms with Gasteiger partial charge in [-0.2, -0.15) is 0 Å². The summed E-state index contributed by atoms with van der Waals surface area (Å²) >= 11 is 0. The van der Waals surface area contributed by atoms with Crippen molar-refractivity contribution in [2.45, 2.75) is 33.1 Å². The van der Waals surface area contributed by atoms with Gasteiger partial charge in [-0.15, -0.1) is 0 Å². The van der Waals surface area contributed by atoms with E-state index in [1.807, 2.05) is 0 Å². The van der Waals surface area contributed by atoms with E-state index < -0.39 is 0 Å². The smallest absolute Gasteiger partial charge is 0.226 e. The Bertz CT molecular complexity index is 174. The van der Waals surface area contributed by atoms with E-state index >= 15 is 0 Å². The average Bonchev–Trinajstić information content (AvgIpc) is 2.15. The molecule has 1 fully saturated rings. The molecule has 1 aliphatic heterocycles. The minimum Gasteiger partial charge on any atom is -0.356 e. The zero-order chi connectivity index (χ0) is 9.73. The fraction of sp³-hybridized carbons (Fsp3) is 0.900. The maximum atomic E-state index is 11.7. The maximum absolute atomic E-state index is 11.7. The summed E-state index contributed by atoms with van der Waals surface area (Å²) in [5, 5.41) is 6.25. The van der Waals surface area contributed by atoms with Gasteiger partial charge in [-0.1, -0.05) is 13.8 Å². The Labute approximate surface area is 80.3 Å². The molecular weight excluding hydrogens is 164 g/mol. The number of nitrogens with one attached hydrogen (secondary N) is 2. The molecule has 0 aromatic heterocycles. The third-order valence-electron chi connectivity index (χ3n) is 2.79. The van der Waals surface area contributed by atoms with E-state index in [0.717, 1.165) is 38.9 Å². The van der Waals surface area contributed by atoms with Crippen molar-refractivity contribution in [3.63, 3.8) is 0 Å². The molecule has 1 aliphatic rings. The first-order chi connectivity index (χ1) is 6.19. The molecule has 0 spiro atoms. The van der Waals surface area contributed by atoms with Gasteiger partial charge < -0.3 is 10.6 Å². The lowest BCUT2D eigenvalue weighted by Crippen LogP contribution is -2.45. The van der Waals surface area contributed by atoms with Crippen molar-refractivity contribution in [2.24, 2.45) is 5.41 Å². The topological polar surface area (TPSA) is 41.1 Å². The Morgan fingerprint density at radius 1 is 1.46 bits per heavy atom. The molecule has 0 bridgehead atoms. The number of carbonyl (C=O) groups is 1. The molecule has 3 nitrogen and oxygen atoms in total. The highest BCUT2D eigenvalue weighted by Crippen LogP contribution is 2.27. The van der Waals surface area contributed by atoms with Crippen LogP contribution >= 0.6 is 0 Å². The number of rotatable bonds is 3. The Morgan fingerprint density at radius 2 is 2.08 bits per heavy atom. The van der Waals surface area contributed by atoms with Gasteiger partial charge >= 0.3 is 0 Å². The van der Waals surface area contributed by atoms with Crippen molar-refractivity contribution in [2.75, 3.05) is 19.6 Å². The van der Waals surface area contributed by atoms with Crippen molar-refractivity contribution in [3.8, 4) is 0 Å². The molecule has 0 radical (unpaired) electrons. The van der Waals surface area contributed by atoms with Gasteiger partial charge in [0.15, 0.2) is 0 Å². The molecular formula is C10H20N2O. The van der Waals surface area contributed by atoms with Crippen molar-refractivity contribution < 1.29 is 4.79 Å². The Balaban J connectivity index is 2.42. The predicted molar refractivity (Wildman–Crippen MR) is 53.5 cm³/mol. The summed E-state index contributed by atoms with van der Waals surface area (Å²) in [4.78, 5) is 11.7. The zero-order valence-corrected chi connectivity index (χ0v) is 8.65. The molecule has 0 unspecified atom stereocenters. The average molecular weight is 184 g/mol. The van der Waals surface area contributed by atoms with E-state index in [4.69, 9.17) is 0 Å². The largest absolute Gasteiger partial charge is 0.356 e. The zero-order valence-electron chi connectivity index (χ0n) is 8.65. The van der Waals surface area contributed by atoms with Crippen molar-refractivity contribution >= 4 is 5.91 Å². The molecule has 76 valence electrons. The van der Waals surface area contributed by atoms with Gasteiger partial charge in [0.05, 0.1) is 0 Å². The van der Waals surface area contributed by atoms with Gasteiger partial charge in [0.25, 0.3) is 0 Å². The fourth-order valence-electron chi connectivity index (χ4n) is 1.66. The second-order valence-corrected chi connectivity index (χ2v) is 4.07. The Hall–Kier alpha value is -0.570. The molecule has 0 aromatic rings. The van der Waals surface area contributed by atoms with Crippen LogP contribution in [0.4, 0.5) is 0 Å². The molecule has 0 aliphatic carbocycles. The molecule has 13 heavy (non-hydrogen) atoms. The maximum Gasteiger partial charge on any atom is 0.226 e. The molecule has 1 saturated heterocycles. The first-order valence-electron chi connectivity index (χ1n) is 5.18. The second kappa shape index (κ2) is 4.61. The summed E-state index contributed by atoms with van der Waals surface area (Å²) in [6.45, 7) is 6.89. The lowest BCUT2D eigenvalue weighted by molar-refractivity contribution is -0.131. The first kappa shape index (κ1) is 10.5. The third kappa shape index (κ3) is 2.69. The van der Waals surface area contributed by atoms with E-state index in [1.165, 1.54) is 0 Å². The number of piperidine rings is 1. The van der Waals surface area contributed by atoms with E-state index in [9.17, 15) is 4.79 Å². The highest BCUT2D eigenvalue weighted by atomic mass is 16.2. The minimum atomic E-state index is -0.125. The van der Waals surface area contributed by atoms with Crippen LogP contribution in [0.1, 0.15) is 33.1 Å². The van der Waals surface area contributed by atoms with E-state index in [0.29, 0.717) is 0 Å². The number of hydrogen-bond donors (Lipinski definition) is 2. The predicted octanol–water partition coefficient (Wildman–Crippen LogP) is 0.902. The minimum absolute atomic E-state index is 0.125. The second-order valence-electron chi connectivity index (χ2n) is 4.07. The van der Waals surface area contributed by atoms with Gasteiger partial charge in [0, 0.05) is 12.0 Å². The van der Waals surface area contributed by atoms with Crippen LogP contribution in [-0.2, 0) is 4.79 Å². The van der Waals surface area contributed by atoms with E-state index in [1.54, 1.807) is 0 Å². The lowest BCUT2D eigenvalue weighted by atomic mass is 9.80. The molecule has 3 heteroatoms. The molecule has 1 heterocycles. The van der Waals surface area contributed by atoms with Gasteiger partial charge in [-0.05, 0) is 32.4 Å². The summed E-state index contributed by atoms with van der Waals surface area (Å²) < 4.78 is 0. The van der Waals surface area contributed by atoms with Crippen LogP contribution in [-0.4, -0.2) is 25.5 Å². The highest BCUT2D eigenvalue weighted by Gasteiger charge is 2.33. The van der Waals surface area contributed by atoms with Crippen LogP contribution in [0.5, 0.6) is 0 Å². The summed E-state index contributed by atoms with van der Waals surface area (Å²) in [6.07, 6.45) is 2.94. The van der Waals surface area contributed by atoms with Crippen LogP contribution in [0.2, 0.25) is 0 Å². The molecule has 1 rings (SSSR count). The van der Waals surface area contributed by atoms with Crippen molar-refractivity contribution in [1.29, 1.82) is 0 Å². The van der Waals surface area contributed by atoms with Crippen molar-refractivity contribution in [1.82, 2.24) is 10.6 Å². The summed E-state index contributed by atoms with van der Waals surface area (Å²) in [5.74, 6) is 0.232. The lowest BCUT2D eigenvalue weighted by Gasteiger charge is -2.32. The number of hydrogen-bond acceptors (Lipinski definition) is 2. The molecule has 2 N–H and O–H groups in total. The van der Waals surface area contributed by atoms with E-state index in [2.05, 4.69) is 24.5 Å². The molecule has 0 saturated carbocycles. The molecule has 0 atom stereocenters. The van der Waals surface area contributed by atoms with Gasteiger partial charge in [0.1, 0.15) is 0 Å². The fourth-order valence-corrected chi connectivity index (χ4v) is 1.66. The number of carbonyl (C=O) groups excluding carboxylic acids is 1. The molecule has 1 amide bonds. The number of amides is 1. The normalized spacial score (nSPS) is 21.1.